The van der Waals surface area contributed by atoms with Gasteiger partial charge in [-0.2, -0.15) is 0 Å². The maximum atomic E-state index is 12.7. The predicted octanol–water partition coefficient (Wildman–Crippen LogP) is 2.01. The standard InChI is InChI=1S/C13H9BrN2O3S2/c14-10-5-6-11(9-4-2-1-3-8(9)10)21(18,19)16-7-12(17)15-13(16)20/h1-6H,7H2,(H,15,17,20). The molecule has 0 spiro atoms. The summed E-state index contributed by atoms with van der Waals surface area (Å²) in [5, 5.41) is 3.60. The quantitative estimate of drug-likeness (QED) is 0.804. The number of thiocarbonyl (C=S) groups is 1. The Morgan fingerprint density at radius 2 is 1.81 bits per heavy atom. The molecule has 2 aromatic rings. The van der Waals surface area contributed by atoms with Gasteiger partial charge in [0, 0.05) is 9.86 Å². The molecule has 1 saturated heterocycles. The van der Waals surface area contributed by atoms with E-state index in [4.69, 9.17) is 12.2 Å². The lowest BCUT2D eigenvalue weighted by atomic mass is 10.1. The Morgan fingerprint density at radius 1 is 1.14 bits per heavy atom. The van der Waals surface area contributed by atoms with Crippen LogP contribution < -0.4 is 5.32 Å². The van der Waals surface area contributed by atoms with Crippen LogP contribution in [0, 0.1) is 0 Å². The molecule has 1 heterocycles. The SMILES string of the molecule is O=C1CN(S(=O)(=O)c2ccc(Br)c3ccccc23)C(=S)N1. The van der Waals surface area contributed by atoms with Crippen LogP contribution in [0.4, 0.5) is 0 Å². The summed E-state index contributed by atoms with van der Waals surface area (Å²) in [6.45, 7) is -0.286. The first kappa shape index (κ1) is 14.4. The Morgan fingerprint density at radius 3 is 2.43 bits per heavy atom. The second-order valence-corrected chi connectivity index (χ2v) is 7.53. The normalized spacial score (nSPS) is 15.6. The molecule has 0 aromatic heterocycles. The van der Waals surface area contributed by atoms with Crippen molar-refractivity contribution in [3.8, 4) is 0 Å². The van der Waals surface area contributed by atoms with E-state index in [9.17, 15) is 13.2 Å². The first-order valence-corrected chi connectivity index (χ1v) is 8.59. The Bertz CT molecular complexity index is 880. The van der Waals surface area contributed by atoms with E-state index >= 15 is 0 Å². The highest BCUT2D eigenvalue weighted by Crippen LogP contribution is 2.31. The topological polar surface area (TPSA) is 66.5 Å². The summed E-state index contributed by atoms with van der Waals surface area (Å²) in [5.74, 6) is -0.426. The van der Waals surface area contributed by atoms with E-state index < -0.39 is 15.9 Å². The van der Waals surface area contributed by atoms with Gasteiger partial charge in [-0.3, -0.25) is 4.79 Å². The van der Waals surface area contributed by atoms with Gasteiger partial charge in [-0.25, -0.2) is 12.7 Å². The zero-order chi connectivity index (χ0) is 15.2. The predicted molar refractivity (Wildman–Crippen MR) is 86.3 cm³/mol. The Kier molecular flexibility index (Phi) is 3.46. The first-order chi connectivity index (χ1) is 9.91. The van der Waals surface area contributed by atoms with Crippen LogP contribution in [0.15, 0.2) is 45.8 Å². The average Bonchev–Trinajstić information content (AvgIpc) is 2.79. The molecule has 5 nitrogen and oxygen atoms in total. The van der Waals surface area contributed by atoms with Crippen LogP contribution in [0.2, 0.25) is 0 Å². The van der Waals surface area contributed by atoms with Gasteiger partial charge in [0.25, 0.3) is 10.0 Å². The minimum atomic E-state index is -3.88. The second-order valence-electron chi connectivity index (χ2n) is 4.46. The van der Waals surface area contributed by atoms with E-state index in [0.717, 1.165) is 14.2 Å². The van der Waals surface area contributed by atoms with Crippen LogP contribution in [-0.4, -0.2) is 30.3 Å². The molecule has 108 valence electrons. The van der Waals surface area contributed by atoms with E-state index in [1.54, 1.807) is 18.2 Å². The maximum absolute atomic E-state index is 12.7. The summed E-state index contributed by atoms with van der Waals surface area (Å²) < 4.78 is 27.2. The molecule has 1 amide bonds. The van der Waals surface area contributed by atoms with Gasteiger partial charge < -0.3 is 5.32 Å². The molecular weight excluding hydrogens is 376 g/mol. The molecule has 1 fully saturated rings. The molecule has 0 radical (unpaired) electrons. The van der Waals surface area contributed by atoms with Crippen molar-refractivity contribution >= 4 is 60.0 Å². The van der Waals surface area contributed by atoms with Crippen LogP contribution in [0.25, 0.3) is 10.8 Å². The van der Waals surface area contributed by atoms with Crippen molar-refractivity contribution in [2.24, 2.45) is 0 Å². The maximum Gasteiger partial charge on any atom is 0.267 e. The molecule has 2 aromatic carbocycles. The molecule has 0 aliphatic carbocycles. The summed E-state index contributed by atoms with van der Waals surface area (Å²) in [4.78, 5) is 11.5. The molecule has 1 aliphatic heterocycles. The third-order valence-corrected chi connectivity index (χ3v) is 6.09. The summed E-state index contributed by atoms with van der Waals surface area (Å²) in [5.41, 5.74) is 0. The number of nitrogens with one attached hydrogen (secondary N) is 1. The van der Waals surface area contributed by atoms with Crippen molar-refractivity contribution in [3.63, 3.8) is 0 Å². The molecule has 21 heavy (non-hydrogen) atoms. The van der Waals surface area contributed by atoms with Gasteiger partial charge in [0.05, 0.1) is 4.90 Å². The average molecular weight is 385 g/mol. The molecule has 0 unspecified atom stereocenters. The van der Waals surface area contributed by atoms with Crippen LogP contribution >= 0.6 is 28.1 Å². The third-order valence-electron chi connectivity index (χ3n) is 3.16. The Balaban J connectivity index is 2.23. The lowest BCUT2D eigenvalue weighted by Crippen LogP contribution is -2.34. The van der Waals surface area contributed by atoms with Crippen LogP contribution in [0.3, 0.4) is 0 Å². The fourth-order valence-corrected chi connectivity index (χ4v) is 4.63. The second kappa shape index (κ2) is 5.04. The van der Waals surface area contributed by atoms with E-state index in [1.165, 1.54) is 6.07 Å². The Hall–Kier alpha value is -1.51. The monoisotopic (exact) mass is 384 g/mol. The molecule has 0 bridgehead atoms. The third kappa shape index (κ3) is 2.33. The fraction of sp³-hybridized carbons (Fsp3) is 0.0769. The van der Waals surface area contributed by atoms with Crippen molar-refractivity contribution in [2.45, 2.75) is 4.90 Å². The number of halogens is 1. The number of hydrogen-bond donors (Lipinski definition) is 1. The van der Waals surface area contributed by atoms with Crippen molar-refractivity contribution < 1.29 is 13.2 Å². The minimum Gasteiger partial charge on any atom is -0.301 e. The van der Waals surface area contributed by atoms with E-state index in [0.29, 0.717) is 5.39 Å². The number of rotatable bonds is 2. The number of fused-ring (bicyclic) bond motifs is 1. The molecule has 0 atom stereocenters. The van der Waals surface area contributed by atoms with Crippen molar-refractivity contribution in [1.29, 1.82) is 0 Å². The number of carbonyl (C=O) groups excluding carboxylic acids is 1. The highest BCUT2D eigenvalue weighted by Gasteiger charge is 2.35. The van der Waals surface area contributed by atoms with Crippen molar-refractivity contribution in [3.05, 3.63) is 40.9 Å². The van der Waals surface area contributed by atoms with Gasteiger partial charge in [0.15, 0.2) is 5.11 Å². The first-order valence-electron chi connectivity index (χ1n) is 5.95. The molecule has 1 aliphatic rings. The minimum absolute atomic E-state index is 0.0907. The molecule has 8 heteroatoms. The van der Waals surface area contributed by atoms with E-state index in [2.05, 4.69) is 21.2 Å². The van der Waals surface area contributed by atoms with Gasteiger partial charge in [0.2, 0.25) is 5.91 Å². The fourth-order valence-electron chi connectivity index (χ4n) is 2.20. The molecular formula is C13H9BrN2O3S2. The number of carbonyl (C=O) groups is 1. The van der Waals surface area contributed by atoms with Gasteiger partial charge >= 0.3 is 0 Å². The zero-order valence-electron chi connectivity index (χ0n) is 10.5. The number of sulfonamides is 1. The summed E-state index contributed by atoms with van der Waals surface area (Å²) in [6.07, 6.45) is 0. The van der Waals surface area contributed by atoms with Crippen LogP contribution in [0.5, 0.6) is 0 Å². The highest BCUT2D eigenvalue weighted by atomic mass is 79.9. The summed E-state index contributed by atoms with van der Waals surface area (Å²) in [7, 11) is -3.88. The lowest BCUT2D eigenvalue weighted by molar-refractivity contribution is -0.118. The van der Waals surface area contributed by atoms with Gasteiger partial charge in [-0.05, 0) is 29.7 Å². The number of nitrogens with zero attached hydrogens (tertiary/aromatic N) is 1. The Labute approximate surface area is 135 Å². The summed E-state index contributed by atoms with van der Waals surface area (Å²) in [6, 6.07) is 10.3. The van der Waals surface area contributed by atoms with E-state index in [-0.39, 0.29) is 16.6 Å². The highest BCUT2D eigenvalue weighted by molar-refractivity contribution is 9.10. The van der Waals surface area contributed by atoms with Crippen molar-refractivity contribution in [2.75, 3.05) is 6.54 Å². The van der Waals surface area contributed by atoms with Crippen LogP contribution in [-0.2, 0) is 14.8 Å². The number of amides is 1. The molecule has 0 saturated carbocycles. The van der Waals surface area contributed by atoms with Gasteiger partial charge in [-0.15, -0.1) is 0 Å². The van der Waals surface area contributed by atoms with Crippen LogP contribution in [0.1, 0.15) is 0 Å². The van der Waals surface area contributed by atoms with E-state index in [1.807, 2.05) is 12.1 Å². The summed E-state index contributed by atoms with van der Waals surface area (Å²) >= 11 is 8.32. The van der Waals surface area contributed by atoms with Gasteiger partial charge in [0.1, 0.15) is 6.54 Å². The largest absolute Gasteiger partial charge is 0.301 e. The molecule has 1 N–H and O–H groups in total. The zero-order valence-corrected chi connectivity index (χ0v) is 13.8. The lowest BCUT2D eigenvalue weighted by Gasteiger charge is -2.17. The number of hydrogen-bond acceptors (Lipinski definition) is 4. The number of benzene rings is 2. The van der Waals surface area contributed by atoms with Crippen molar-refractivity contribution in [1.82, 2.24) is 9.62 Å². The van der Waals surface area contributed by atoms with Gasteiger partial charge in [-0.1, -0.05) is 40.2 Å². The smallest absolute Gasteiger partial charge is 0.267 e. The molecule has 3 rings (SSSR count).